The number of carbonyl (C=O) groups is 1. The van der Waals surface area contributed by atoms with E-state index in [0.29, 0.717) is 11.7 Å². The number of carbonyl (C=O) groups excluding carboxylic acids is 1. The van der Waals surface area contributed by atoms with Crippen LogP contribution in [0, 0.1) is 11.8 Å². The van der Waals surface area contributed by atoms with E-state index < -0.39 is 0 Å². The third-order valence-electron chi connectivity index (χ3n) is 4.12. The second kappa shape index (κ2) is 7.86. The van der Waals surface area contributed by atoms with Crippen LogP contribution in [0.5, 0.6) is 0 Å². The highest BCUT2D eigenvalue weighted by molar-refractivity contribution is 5.81. The van der Waals surface area contributed by atoms with Gasteiger partial charge in [-0.1, -0.05) is 40.0 Å². The summed E-state index contributed by atoms with van der Waals surface area (Å²) in [7, 11) is 0. The van der Waals surface area contributed by atoms with Crippen LogP contribution in [-0.2, 0) is 4.79 Å². The Morgan fingerprint density at radius 1 is 1.29 bits per heavy atom. The fourth-order valence-electron chi connectivity index (χ4n) is 2.64. The second-order valence-corrected chi connectivity index (χ2v) is 5.63. The molecule has 0 heterocycles. The topological polar surface area (TPSA) is 20.3 Å². The third kappa shape index (κ3) is 5.20. The molecule has 2 atom stereocenters. The summed E-state index contributed by atoms with van der Waals surface area (Å²) in [6.07, 6.45) is 6.79. The fourth-order valence-corrected chi connectivity index (χ4v) is 2.64. The first-order chi connectivity index (χ1) is 8.17. The molecule has 17 heavy (non-hydrogen) atoms. The molecule has 0 bridgehead atoms. The Balaban J connectivity index is 2.44. The first-order valence-electron chi connectivity index (χ1n) is 7.42. The Hall–Kier alpha value is -0.370. The Morgan fingerprint density at radius 3 is 2.71 bits per heavy atom. The van der Waals surface area contributed by atoms with Crippen molar-refractivity contribution >= 4 is 5.78 Å². The van der Waals surface area contributed by atoms with Gasteiger partial charge in [-0.3, -0.25) is 4.79 Å². The molecule has 100 valence electrons. The Morgan fingerprint density at radius 2 is 2.06 bits per heavy atom. The zero-order chi connectivity index (χ0) is 12.7. The predicted octanol–water partition coefficient (Wildman–Crippen LogP) is 3.50. The highest BCUT2D eigenvalue weighted by Gasteiger charge is 2.23. The van der Waals surface area contributed by atoms with Crippen LogP contribution in [-0.4, -0.2) is 30.3 Å². The molecule has 1 rings (SSSR count). The average molecular weight is 239 g/mol. The molecule has 0 aromatic heterocycles. The monoisotopic (exact) mass is 239 g/mol. The summed E-state index contributed by atoms with van der Waals surface area (Å²) < 4.78 is 0. The predicted molar refractivity (Wildman–Crippen MR) is 73.2 cm³/mol. The van der Waals surface area contributed by atoms with E-state index >= 15 is 0 Å². The van der Waals surface area contributed by atoms with Crippen molar-refractivity contribution in [2.24, 2.45) is 11.8 Å². The molecule has 1 fully saturated rings. The lowest BCUT2D eigenvalue weighted by atomic mass is 9.97. The van der Waals surface area contributed by atoms with Crippen molar-refractivity contribution in [1.29, 1.82) is 0 Å². The molecule has 1 saturated carbocycles. The highest BCUT2D eigenvalue weighted by atomic mass is 16.1. The molecule has 0 amide bonds. The molecular weight excluding hydrogens is 210 g/mol. The zero-order valence-electron chi connectivity index (χ0n) is 11.9. The maximum atomic E-state index is 12.0. The van der Waals surface area contributed by atoms with Gasteiger partial charge in [-0.25, -0.2) is 0 Å². The van der Waals surface area contributed by atoms with Crippen molar-refractivity contribution in [2.45, 2.75) is 59.3 Å². The minimum Gasteiger partial charge on any atom is -0.303 e. The van der Waals surface area contributed by atoms with E-state index in [9.17, 15) is 4.79 Å². The van der Waals surface area contributed by atoms with Crippen LogP contribution in [0.25, 0.3) is 0 Å². The number of hydrogen-bond acceptors (Lipinski definition) is 2. The van der Waals surface area contributed by atoms with Gasteiger partial charge in [-0.2, -0.15) is 0 Å². The SMILES string of the molecule is CCC(C)CN(CC)CC1CCCCCC1=O. The van der Waals surface area contributed by atoms with Gasteiger partial charge >= 0.3 is 0 Å². The fraction of sp³-hybridized carbons (Fsp3) is 0.933. The van der Waals surface area contributed by atoms with Gasteiger partial charge in [0.2, 0.25) is 0 Å². The lowest BCUT2D eigenvalue weighted by molar-refractivity contribution is -0.123. The summed E-state index contributed by atoms with van der Waals surface area (Å²) in [4.78, 5) is 14.5. The van der Waals surface area contributed by atoms with Crippen LogP contribution in [0.2, 0.25) is 0 Å². The first kappa shape index (κ1) is 14.7. The van der Waals surface area contributed by atoms with E-state index in [0.717, 1.165) is 44.8 Å². The van der Waals surface area contributed by atoms with Crippen LogP contribution in [0.3, 0.4) is 0 Å². The molecule has 0 spiro atoms. The molecule has 2 nitrogen and oxygen atoms in total. The molecular formula is C15H29NO. The van der Waals surface area contributed by atoms with E-state index in [2.05, 4.69) is 25.7 Å². The van der Waals surface area contributed by atoms with E-state index in [-0.39, 0.29) is 0 Å². The molecule has 2 unspecified atom stereocenters. The maximum Gasteiger partial charge on any atom is 0.137 e. The van der Waals surface area contributed by atoms with Gasteiger partial charge < -0.3 is 4.90 Å². The molecule has 0 N–H and O–H groups in total. The maximum absolute atomic E-state index is 12.0. The van der Waals surface area contributed by atoms with Gasteiger partial charge in [-0.15, -0.1) is 0 Å². The van der Waals surface area contributed by atoms with Crippen LogP contribution in [0.15, 0.2) is 0 Å². The molecule has 2 heteroatoms. The van der Waals surface area contributed by atoms with Crippen molar-refractivity contribution < 1.29 is 4.79 Å². The molecule has 0 aromatic carbocycles. The average Bonchev–Trinajstić information content (AvgIpc) is 2.53. The van der Waals surface area contributed by atoms with E-state index in [1.54, 1.807) is 0 Å². The van der Waals surface area contributed by atoms with Crippen molar-refractivity contribution in [3.05, 3.63) is 0 Å². The molecule has 0 aromatic rings. The number of Topliss-reactive ketones (excluding diaryl/α,β-unsaturated/α-hetero) is 1. The van der Waals surface area contributed by atoms with Crippen LogP contribution < -0.4 is 0 Å². The normalized spacial score (nSPS) is 23.8. The first-order valence-corrected chi connectivity index (χ1v) is 7.42. The summed E-state index contributed by atoms with van der Waals surface area (Å²) in [5.41, 5.74) is 0. The van der Waals surface area contributed by atoms with Crippen molar-refractivity contribution in [3.8, 4) is 0 Å². The Bertz CT molecular complexity index is 227. The summed E-state index contributed by atoms with van der Waals surface area (Å²) in [5, 5.41) is 0. The van der Waals surface area contributed by atoms with Crippen LogP contribution in [0.4, 0.5) is 0 Å². The number of hydrogen-bond donors (Lipinski definition) is 0. The van der Waals surface area contributed by atoms with Crippen molar-refractivity contribution in [1.82, 2.24) is 4.90 Å². The molecule has 0 aliphatic heterocycles. The standard InChI is InChI=1S/C15H29NO/c1-4-13(3)11-16(5-2)12-14-9-7-6-8-10-15(14)17/h13-14H,4-12H2,1-3H3. The van der Waals surface area contributed by atoms with Gasteiger partial charge in [0.15, 0.2) is 0 Å². The molecule has 1 aliphatic carbocycles. The quantitative estimate of drug-likeness (QED) is 0.661. The largest absolute Gasteiger partial charge is 0.303 e. The number of rotatable bonds is 6. The van der Waals surface area contributed by atoms with Crippen LogP contribution in [0.1, 0.15) is 59.3 Å². The van der Waals surface area contributed by atoms with Crippen molar-refractivity contribution in [2.75, 3.05) is 19.6 Å². The summed E-state index contributed by atoms with van der Waals surface area (Å²) >= 11 is 0. The van der Waals surface area contributed by atoms with Crippen molar-refractivity contribution in [3.63, 3.8) is 0 Å². The van der Waals surface area contributed by atoms with E-state index in [1.807, 2.05) is 0 Å². The van der Waals surface area contributed by atoms with E-state index in [1.165, 1.54) is 19.3 Å². The third-order valence-corrected chi connectivity index (χ3v) is 4.12. The zero-order valence-corrected chi connectivity index (χ0v) is 11.9. The number of ketones is 1. The van der Waals surface area contributed by atoms with Crippen LogP contribution >= 0.6 is 0 Å². The van der Waals surface area contributed by atoms with Gasteiger partial charge in [0.25, 0.3) is 0 Å². The van der Waals surface area contributed by atoms with Gasteiger partial charge in [0.05, 0.1) is 0 Å². The summed E-state index contributed by atoms with van der Waals surface area (Å²) in [6, 6.07) is 0. The Labute approximate surface area is 107 Å². The second-order valence-electron chi connectivity index (χ2n) is 5.63. The summed E-state index contributed by atoms with van der Waals surface area (Å²) in [5.74, 6) is 1.59. The lowest BCUT2D eigenvalue weighted by Gasteiger charge is -2.27. The smallest absolute Gasteiger partial charge is 0.137 e. The molecule has 1 aliphatic rings. The van der Waals surface area contributed by atoms with Gasteiger partial charge in [0, 0.05) is 25.4 Å². The minimum atomic E-state index is 0.321. The number of nitrogens with zero attached hydrogens (tertiary/aromatic N) is 1. The van der Waals surface area contributed by atoms with E-state index in [4.69, 9.17) is 0 Å². The minimum absolute atomic E-state index is 0.321. The molecule has 0 radical (unpaired) electrons. The lowest BCUT2D eigenvalue weighted by Crippen LogP contribution is -2.35. The highest BCUT2D eigenvalue weighted by Crippen LogP contribution is 2.21. The molecule has 0 saturated heterocycles. The summed E-state index contributed by atoms with van der Waals surface area (Å²) in [6.45, 7) is 9.99. The van der Waals surface area contributed by atoms with Gasteiger partial charge in [0.1, 0.15) is 5.78 Å². The Kier molecular flexibility index (Phi) is 6.79. The van der Waals surface area contributed by atoms with Gasteiger partial charge in [-0.05, 0) is 25.3 Å².